The number of hydrogen-bond donors (Lipinski definition) is 8. The number of fused-ring (bicyclic) bond motifs is 15. The van der Waals surface area contributed by atoms with Crippen molar-refractivity contribution in [2.24, 2.45) is 11.8 Å². The number of hydrogen-bond acceptors (Lipinski definition) is 14. The van der Waals surface area contributed by atoms with Crippen LogP contribution in [-0.2, 0) is 0 Å². The zero-order valence-electron chi connectivity index (χ0n) is 45.8. The number of nitrogens with one attached hydrogen (secondary N) is 8. The molecule has 8 rings (SSSR count). The first kappa shape index (κ1) is 59.2. The van der Waals surface area contributed by atoms with Gasteiger partial charge in [-0.05, 0) is 86.1 Å². The van der Waals surface area contributed by atoms with Crippen LogP contribution >= 0.6 is 0 Å². The van der Waals surface area contributed by atoms with Crippen LogP contribution < -0.4 is 61.5 Å². The molecular formula is C58H72N10O12. The number of rotatable bonds is 4. The van der Waals surface area contributed by atoms with Crippen molar-refractivity contribution in [2.45, 2.75) is 25.7 Å². The number of ether oxygens (including phenoxy) is 4. The highest BCUT2D eigenvalue weighted by Gasteiger charge is 2.26. The summed E-state index contributed by atoms with van der Waals surface area (Å²) in [5.41, 5.74) is 1.26. The maximum Gasteiger partial charge on any atom is 0.255 e. The van der Waals surface area contributed by atoms with E-state index in [9.17, 15) is 38.4 Å². The van der Waals surface area contributed by atoms with E-state index in [0.29, 0.717) is 38.8 Å². The minimum atomic E-state index is -0.469. The highest BCUT2D eigenvalue weighted by molar-refractivity contribution is 6.07. The van der Waals surface area contributed by atoms with Gasteiger partial charge in [-0.25, -0.2) is 0 Å². The quantitative estimate of drug-likeness (QED) is 0.137. The summed E-state index contributed by atoms with van der Waals surface area (Å²) in [6.07, 6.45) is 5.53. The monoisotopic (exact) mass is 1100 g/mol. The van der Waals surface area contributed by atoms with Crippen LogP contribution in [0.15, 0.2) is 84.9 Å². The molecule has 4 aromatic carbocycles. The predicted octanol–water partition coefficient (Wildman–Crippen LogP) is 2.65. The van der Waals surface area contributed by atoms with Gasteiger partial charge < -0.3 is 61.5 Å². The molecule has 0 atom stereocenters. The third kappa shape index (κ3) is 15.4. The highest BCUT2D eigenvalue weighted by Crippen LogP contribution is 2.28. The number of para-hydroxylation sites is 4. The van der Waals surface area contributed by atoms with Crippen LogP contribution in [0.2, 0.25) is 0 Å². The van der Waals surface area contributed by atoms with Gasteiger partial charge in [0.2, 0.25) is 0 Å². The molecule has 22 nitrogen and oxygen atoms in total. The van der Waals surface area contributed by atoms with Crippen LogP contribution in [0.1, 0.15) is 109 Å². The smallest absolute Gasteiger partial charge is 0.255 e. The molecule has 22 heteroatoms. The van der Waals surface area contributed by atoms with Gasteiger partial charge in [-0.3, -0.25) is 48.2 Å². The number of benzene rings is 4. The average molecular weight is 1100 g/mol. The van der Waals surface area contributed by atoms with Crippen molar-refractivity contribution < 1.29 is 57.3 Å². The Morgan fingerprint density at radius 1 is 0.300 bits per heavy atom. The number of allylic oxidation sites excluding steroid dienone is 2. The van der Waals surface area contributed by atoms with Gasteiger partial charge >= 0.3 is 0 Å². The fourth-order valence-corrected chi connectivity index (χ4v) is 9.96. The summed E-state index contributed by atoms with van der Waals surface area (Å²) in [7, 11) is 5.57. The van der Waals surface area contributed by atoms with Gasteiger partial charge in [0.1, 0.15) is 23.0 Å². The summed E-state index contributed by atoms with van der Waals surface area (Å²) in [6, 6.07) is 19.1. The Morgan fingerprint density at radius 3 is 0.675 bits per heavy atom. The van der Waals surface area contributed by atoms with Gasteiger partial charge in [-0.1, -0.05) is 36.4 Å². The zero-order valence-corrected chi connectivity index (χ0v) is 45.8. The molecule has 4 aliphatic rings. The first-order valence-electron chi connectivity index (χ1n) is 26.9. The maximum atomic E-state index is 14.0. The van der Waals surface area contributed by atoms with E-state index in [0.717, 1.165) is 0 Å². The predicted molar refractivity (Wildman–Crippen MR) is 298 cm³/mol. The van der Waals surface area contributed by atoms with Crippen molar-refractivity contribution in [3.8, 4) is 23.0 Å². The second kappa shape index (κ2) is 29.5. The first-order valence-corrected chi connectivity index (χ1v) is 26.9. The molecule has 0 unspecified atom stereocenters. The normalized spacial score (nSPS) is 21.4. The van der Waals surface area contributed by atoms with Crippen LogP contribution in [0.5, 0.6) is 23.0 Å². The Balaban J connectivity index is 1.33. The van der Waals surface area contributed by atoms with E-state index in [1.54, 1.807) is 72.8 Å². The van der Waals surface area contributed by atoms with Crippen molar-refractivity contribution in [3.63, 3.8) is 0 Å². The summed E-state index contributed by atoms with van der Waals surface area (Å²) < 4.78 is 22.8. The molecule has 4 aromatic rings. The standard InChI is InChI=1S/C58H72N10O12/c1-77-47-39-9-5-13-43(47)55(73)63-27-31-67-32-28-64-56(74)44-14-6-10-40(48(44)78-2)52(70)60-24-20-37(19-23-59-51(39)69)17-18-38-21-25-61-53(71)41-11-7-15-45(49(41)79-3)57(75)65-29-33-68(36-35-67)34-30-66-58(76)46-16-8-12-42(50(46)80-4)54(72)62-26-22-38/h5-18,37-38H,19-36H2,1-4H3,(H,59,69)(H,60,70)(H,61,71)(H,62,72)(H,63,73)(H,64,74)(H,65,75)(H,66,76)/b18-17+. The summed E-state index contributed by atoms with van der Waals surface area (Å²) in [6.45, 7) is 3.11. The first-order chi connectivity index (χ1) is 38.8. The number of methoxy groups -OCH3 is 4. The molecule has 0 aliphatic carbocycles. The van der Waals surface area contributed by atoms with E-state index in [1.165, 1.54) is 28.4 Å². The molecule has 0 fully saturated rings. The molecule has 426 valence electrons. The Labute approximate surface area is 465 Å². The fourth-order valence-electron chi connectivity index (χ4n) is 9.96. The van der Waals surface area contributed by atoms with E-state index in [-0.39, 0.29) is 158 Å². The van der Waals surface area contributed by atoms with Crippen LogP contribution in [0, 0.1) is 11.8 Å². The van der Waals surface area contributed by atoms with E-state index >= 15 is 0 Å². The lowest BCUT2D eigenvalue weighted by Crippen LogP contribution is -2.46. The van der Waals surface area contributed by atoms with Crippen LogP contribution in [-0.4, -0.2) is 177 Å². The highest BCUT2D eigenvalue weighted by atomic mass is 16.5. The lowest BCUT2D eigenvalue weighted by Gasteiger charge is -2.28. The second-order valence-corrected chi connectivity index (χ2v) is 19.3. The van der Waals surface area contributed by atoms with Gasteiger partial charge in [0.25, 0.3) is 47.3 Å². The van der Waals surface area contributed by atoms with Crippen molar-refractivity contribution in [2.75, 3.05) is 120 Å². The minimum absolute atomic E-state index is 0.0989. The van der Waals surface area contributed by atoms with E-state index in [1.807, 2.05) is 22.0 Å². The molecule has 0 spiro atoms. The largest absolute Gasteiger partial charge is 0.495 e. The molecule has 4 heterocycles. The van der Waals surface area contributed by atoms with E-state index in [2.05, 4.69) is 42.5 Å². The topological polar surface area (TPSA) is 276 Å². The minimum Gasteiger partial charge on any atom is -0.495 e. The Bertz CT molecular complexity index is 2560. The van der Waals surface area contributed by atoms with Crippen LogP contribution in [0.25, 0.3) is 0 Å². The SMILES string of the molecule is COc1c2cccc1C(=O)NCCN1CCNC(=O)c3cccc(c3OC)C(=O)NCCC(/C=C/C3CCNC(=O)c4cccc(c4OC)C(=O)NCCN(CCNC(=O)c4cccc(c4OC)C(=O)NCC3)CC1)CCNC2=O. The summed E-state index contributed by atoms with van der Waals surface area (Å²) in [4.78, 5) is 116. The van der Waals surface area contributed by atoms with Crippen molar-refractivity contribution in [1.82, 2.24) is 52.3 Å². The molecule has 12 bridgehead atoms. The summed E-state index contributed by atoms with van der Waals surface area (Å²) in [5, 5.41) is 23.9. The second-order valence-electron chi connectivity index (χ2n) is 19.3. The van der Waals surface area contributed by atoms with E-state index in [4.69, 9.17) is 18.9 Å². The summed E-state index contributed by atoms with van der Waals surface area (Å²) in [5.74, 6) is -3.86. The Hall–Kier alpha value is -8.50. The molecule has 8 amide bonds. The molecule has 0 radical (unpaired) electrons. The Morgan fingerprint density at radius 2 is 0.487 bits per heavy atom. The third-order valence-electron chi connectivity index (χ3n) is 14.3. The Kier molecular flexibility index (Phi) is 21.8. The summed E-state index contributed by atoms with van der Waals surface area (Å²) >= 11 is 0. The van der Waals surface area contributed by atoms with Gasteiger partial charge in [0.05, 0.1) is 72.9 Å². The number of amides is 8. The number of carbonyl (C=O) groups is 8. The number of carbonyl (C=O) groups excluding carboxylic acids is 8. The maximum absolute atomic E-state index is 14.0. The van der Waals surface area contributed by atoms with Gasteiger partial charge in [0, 0.05) is 91.6 Å². The van der Waals surface area contributed by atoms with E-state index < -0.39 is 47.3 Å². The van der Waals surface area contributed by atoms with Crippen LogP contribution in [0.3, 0.4) is 0 Å². The lowest BCUT2D eigenvalue weighted by atomic mass is 9.94. The third-order valence-corrected chi connectivity index (χ3v) is 14.3. The molecule has 0 saturated carbocycles. The molecule has 0 saturated heterocycles. The van der Waals surface area contributed by atoms with Gasteiger partial charge in [-0.2, -0.15) is 0 Å². The fraction of sp³-hybridized carbons (Fsp3) is 0.414. The molecular weight excluding hydrogens is 1030 g/mol. The molecule has 80 heavy (non-hydrogen) atoms. The lowest BCUT2D eigenvalue weighted by molar-refractivity contribution is 0.0914. The van der Waals surface area contributed by atoms with Gasteiger partial charge in [0.15, 0.2) is 0 Å². The van der Waals surface area contributed by atoms with Crippen molar-refractivity contribution in [1.29, 1.82) is 0 Å². The van der Waals surface area contributed by atoms with Crippen molar-refractivity contribution >= 4 is 47.3 Å². The molecule has 8 N–H and O–H groups in total. The van der Waals surface area contributed by atoms with Crippen LogP contribution in [0.4, 0.5) is 0 Å². The number of nitrogens with zero attached hydrogens (tertiary/aromatic N) is 2. The average Bonchev–Trinajstić information content (AvgIpc) is 3.47. The molecule has 4 aliphatic heterocycles. The molecule has 0 aromatic heterocycles. The zero-order chi connectivity index (χ0) is 57.0. The van der Waals surface area contributed by atoms with Gasteiger partial charge in [-0.15, -0.1) is 0 Å². The van der Waals surface area contributed by atoms with Crippen molar-refractivity contribution in [3.05, 3.63) is 129 Å².